The van der Waals surface area contributed by atoms with Crippen molar-refractivity contribution < 1.29 is 13.2 Å². The van der Waals surface area contributed by atoms with Crippen molar-refractivity contribution in [3.63, 3.8) is 0 Å². The van der Waals surface area contributed by atoms with Gasteiger partial charge in [0.2, 0.25) is 10.0 Å². The quantitative estimate of drug-likeness (QED) is 0.480. The van der Waals surface area contributed by atoms with Gasteiger partial charge in [-0.3, -0.25) is 9.88 Å². The monoisotopic (exact) mass is 523 g/mol. The summed E-state index contributed by atoms with van der Waals surface area (Å²) in [5.74, 6) is 1.68. The van der Waals surface area contributed by atoms with E-state index in [4.69, 9.17) is 4.74 Å². The number of piperazine rings is 2. The van der Waals surface area contributed by atoms with Gasteiger partial charge in [-0.2, -0.15) is 4.31 Å². The van der Waals surface area contributed by atoms with Crippen LogP contribution in [0.5, 0.6) is 0 Å². The fourth-order valence-electron chi connectivity index (χ4n) is 5.47. The molecule has 1 atom stereocenters. The van der Waals surface area contributed by atoms with E-state index in [2.05, 4.69) is 29.9 Å². The molecule has 0 radical (unpaired) electrons. The second-order valence-corrected chi connectivity index (χ2v) is 11.8. The minimum Gasteiger partial charge on any atom is -0.377 e. The van der Waals surface area contributed by atoms with E-state index >= 15 is 0 Å². The summed E-state index contributed by atoms with van der Waals surface area (Å²) in [5.41, 5.74) is 0.515. The lowest BCUT2D eigenvalue weighted by atomic mass is 10.2. The summed E-state index contributed by atoms with van der Waals surface area (Å²) in [7, 11) is -3.64. The third-order valence-electron chi connectivity index (χ3n) is 7.59. The lowest BCUT2D eigenvalue weighted by Crippen LogP contribution is -2.49. The predicted molar refractivity (Wildman–Crippen MR) is 142 cm³/mol. The summed E-state index contributed by atoms with van der Waals surface area (Å²) in [6.45, 7) is 7.71. The van der Waals surface area contributed by atoms with Crippen molar-refractivity contribution in [2.24, 2.45) is 0 Å². The van der Waals surface area contributed by atoms with Gasteiger partial charge in [0.25, 0.3) is 0 Å². The number of hydrogen-bond donors (Lipinski definition) is 0. The number of sulfonamides is 1. The average molecular weight is 524 g/mol. The van der Waals surface area contributed by atoms with E-state index in [1.165, 1.54) is 12.8 Å². The molecule has 196 valence electrons. The number of para-hydroxylation sites is 1. The van der Waals surface area contributed by atoms with Gasteiger partial charge < -0.3 is 14.5 Å². The number of rotatable bonds is 6. The molecule has 0 spiro atoms. The summed E-state index contributed by atoms with van der Waals surface area (Å²) in [6.07, 6.45) is 4.38. The van der Waals surface area contributed by atoms with Gasteiger partial charge in [0, 0.05) is 77.1 Å². The molecule has 3 saturated heterocycles. The average Bonchev–Trinajstić information content (AvgIpc) is 3.46. The molecule has 5 heterocycles. The van der Waals surface area contributed by atoms with E-state index < -0.39 is 10.0 Å². The summed E-state index contributed by atoms with van der Waals surface area (Å²) in [6, 6.07) is 13.0. The maximum absolute atomic E-state index is 13.4. The molecule has 3 aliphatic rings. The topological polar surface area (TPSA) is 95.0 Å². The van der Waals surface area contributed by atoms with Gasteiger partial charge in [-0.25, -0.2) is 8.42 Å². The second kappa shape index (κ2) is 10.5. The fourth-order valence-corrected chi connectivity index (χ4v) is 7.06. The van der Waals surface area contributed by atoms with Gasteiger partial charge in [-0.05, 0) is 37.1 Å². The molecule has 3 fully saturated rings. The van der Waals surface area contributed by atoms with E-state index in [0.29, 0.717) is 37.8 Å². The van der Waals surface area contributed by atoms with E-state index in [0.717, 1.165) is 56.4 Å². The number of ether oxygens (including phenoxy) is 1. The zero-order chi connectivity index (χ0) is 25.2. The Kier molecular flexibility index (Phi) is 6.94. The van der Waals surface area contributed by atoms with Crippen LogP contribution in [-0.2, 0) is 14.8 Å². The van der Waals surface area contributed by atoms with Crippen LogP contribution in [0.3, 0.4) is 0 Å². The smallest absolute Gasteiger partial charge is 0.245 e. The SMILES string of the molecule is O=S(=O)(c1cccc2cccnc12)N1CCN(c2ccc(N3CCN(CC4CCCO4)CC3)nn2)CC1. The molecule has 0 aliphatic carbocycles. The van der Waals surface area contributed by atoms with Crippen molar-refractivity contribution in [2.45, 2.75) is 23.8 Å². The second-order valence-electron chi connectivity index (χ2n) is 9.89. The molecule has 0 amide bonds. The Morgan fingerprint density at radius 1 is 0.838 bits per heavy atom. The van der Waals surface area contributed by atoms with Gasteiger partial charge in [-0.15, -0.1) is 10.2 Å². The van der Waals surface area contributed by atoms with Crippen LogP contribution in [0.1, 0.15) is 12.8 Å². The molecule has 0 saturated carbocycles. The van der Waals surface area contributed by atoms with E-state index in [1.54, 1.807) is 22.6 Å². The predicted octanol–water partition coefficient (Wildman–Crippen LogP) is 1.84. The lowest BCUT2D eigenvalue weighted by Gasteiger charge is -2.36. The third-order valence-corrected chi connectivity index (χ3v) is 9.52. The molecule has 11 heteroatoms. The zero-order valence-corrected chi connectivity index (χ0v) is 21.8. The number of aromatic nitrogens is 3. The Balaban J connectivity index is 1.05. The summed E-state index contributed by atoms with van der Waals surface area (Å²) < 4.78 is 34.1. The zero-order valence-electron chi connectivity index (χ0n) is 20.9. The van der Waals surface area contributed by atoms with Crippen molar-refractivity contribution in [3.8, 4) is 0 Å². The summed E-state index contributed by atoms with van der Waals surface area (Å²) >= 11 is 0. The van der Waals surface area contributed by atoms with Crippen LogP contribution in [-0.4, -0.2) is 104 Å². The molecule has 10 nitrogen and oxygen atoms in total. The summed E-state index contributed by atoms with van der Waals surface area (Å²) in [5, 5.41) is 9.82. The molecule has 0 N–H and O–H groups in total. The normalized spacial score (nSPS) is 22.1. The molecule has 2 aromatic heterocycles. The van der Waals surface area contributed by atoms with Crippen LogP contribution in [0.2, 0.25) is 0 Å². The molecule has 1 aromatic carbocycles. The fraction of sp³-hybridized carbons (Fsp3) is 0.500. The Labute approximate surface area is 217 Å². The van der Waals surface area contributed by atoms with Crippen LogP contribution in [0.15, 0.2) is 53.6 Å². The first-order valence-electron chi connectivity index (χ1n) is 13.1. The Hall–Kier alpha value is -2.86. The molecule has 37 heavy (non-hydrogen) atoms. The molecule has 6 rings (SSSR count). The number of nitrogens with zero attached hydrogens (tertiary/aromatic N) is 7. The van der Waals surface area contributed by atoms with E-state index in [1.807, 2.05) is 30.3 Å². The lowest BCUT2D eigenvalue weighted by molar-refractivity contribution is 0.0712. The van der Waals surface area contributed by atoms with Crippen LogP contribution in [0, 0.1) is 0 Å². The van der Waals surface area contributed by atoms with Gasteiger partial charge in [0.1, 0.15) is 4.90 Å². The number of hydrogen-bond acceptors (Lipinski definition) is 9. The first kappa shape index (κ1) is 24.5. The molecule has 0 bridgehead atoms. The minimum atomic E-state index is -3.64. The highest BCUT2D eigenvalue weighted by Crippen LogP contribution is 2.26. The highest BCUT2D eigenvalue weighted by Gasteiger charge is 2.31. The number of fused-ring (bicyclic) bond motifs is 1. The number of pyridine rings is 1. The maximum Gasteiger partial charge on any atom is 0.245 e. The van der Waals surface area contributed by atoms with Crippen molar-refractivity contribution in [1.29, 1.82) is 0 Å². The first-order chi connectivity index (χ1) is 18.1. The Morgan fingerprint density at radius 3 is 2.16 bits per heavy atom. The number of anilines is 2. The molecule has 1 unspecified atom stereocenters. The maximum atomic E-state index is 13.4. The van der Waals surface area contributed by atoms with Gasteiger partial charge in [0.15, 0.2) is 11.6 Å². The van der Waals surface area contributed by atoms with Crippen LogP contribution < -0.4 is 9.80 Å². The summed E-state index contributed by atoms with van der Waals surface area (Å²) in [4.78, 5) is 11.5. The van der Waals surface area contributed by atoms with Crippen molar-refractivity contribution in [2.75, 3.05) is 75.3 Å². The van der Waals surface area contributed by atoms with E-state index in [-0.39, 0.29) is 4.90 Å². The molecule has 3 aromatic rings. The largest absolute Gasteiger partial charge is 0.377 e. The van der Waals surface area contributed by atoms with Crippen molar-refractivity contribution >= 4 is 32.6 Å². The minimum absolute atomic E-state index is 0.263. The standard InChI is InChI=1S/C26H33N7O3S/c34-37(35,23-7-1-4-21-5-2-10-27-26(21)23)33-17-15-32(16-18-33)25-9-8-24(28-29-25)31-13-11-30(12-14-31)20-22-6-3-19-36-22/h1-2,4-5,7-10,22H,3,6,11-20H2. The van der Waals surface area contributed by atoms with E-state index in [9.17, 15) is 8.42 Å². The van der Waals surface area contributed by atoms with Crippen LogP contribution in [0.25, 0.3) is 10.9 Å². The highest BCUT2D eigenvalue weighted by molar-refractivity contribution is 7.89. The van der Waals surface area contributed by atoms with Crippen LogP contribution in [0.4, 0.5) is 11.6 Å². The Bertz CT molecular complexity index is 1310. The molecular formula is C26H33N7O3S. The Morgan fingerprint density at radius 2 is 1.51 bits per heavy atom. The third kappa shape index (κ3) is 5.13. The van der Waals surface area contributed by atoms with Gasteiger partial charge in [0.05, 0.1) is 11.6 Å². The first-order valence-corrected chi connectivity index (χ1v) is 14.5. The van der Waals surface area contributed by atoms with Crippen molar-refractivity contribution in [1.82, 2.24) is 24.4 Å². The van der Waals surface area contributed by atoms with Gasteiger partial charge in [-0.1, -0.05) is 18.2 Å². The molecule has 3 aliphatic heterocycles. The van der Waals surface area contributed by atoms with Crippen LogP contribution >= 0.6 is 0 Å². The van der Waals surface area contributed by atoms with Gasteiger partial charge >= 0.3 is 0 Å². The number of benzene rings is 1. The highest BCUT2D eigenvalue weighted by atomic mass is 32.2. The molecular weight excluding hydrogens is 490 g/mol. The van der Waals surface area contributed by atoms with Crippen molar-refractivity contribution in [3.05, 3.63) is 48.7 Å².